The quantitative estimate of drug-likeness (QED) is 0.780. The number of benzene rings is 1. The lowest BCUT2D eigenvalue weighted by Crippen LogP contribution is -2.41. The molecule has 0 atom stereocenters. The fourth-order valence-corrected chi connectivity index (χ4v) is 2.60. The van der Waals surface area contributed by atoms with E-state index >= 15 is 0 Å². The average molecular weight is 263 g/mol. The van der Waals surface area contributed by atoms with Crippen LogP contribution in [0.2, 0.25) is 0 Å². The second-order valence-electron chi connectivity index (χ2n) is 5.56. The summed E-state index contributed by atoms with van der Waals surface area (Å²) in [6.45, 7) is 2.50. The lowest BCUT2D eigenvalue weighted by Gasteiger charge is -2.35. The third-order valence-electron chi connectivity index (χ3n) is 3.91. The monoisotopic (exact) mass is 263 g/mol. The van der Waals surface area contributed by atoms with Crippen LogP contribution in [0.5, 0.6) is 0 Å². The van der Waals surface area contributed by atoms with E-state index in [2.05, 4.69) is 5.32 Å². The minimum Gasteiger partial charge on any atom is -0.481 e. The maximum absolute atomic E-state index is 10.9. The third kappa shape index (κ3) is 3.70. The standard InChI is InChI=1S/C15H21NO3/c1-11-3-2-4-13(9-11)16-10-15(19)7-5-12(6-8-15)14(17)18/h2-4,9,12,16,19H,5-8,10H2,1H3,(H,17,18). The maximum Gasteiger partial charge on any atom is 0.306 e. The summed E-state index contributed by atoms with van der Waals surface area (Å²) in [6.07, 6.45) is 2.20. The molecule has 0 heterocycles. The van der Waals surface area contributed by atoms with Crippen molar-refractivity contribution < 1.29 is 15.0 Å². The van der Waals surface area contributed by atoms with Gasteiger partial charge in [0.05, 0.1) is 11.5 Å². The molecule has 2 rings (SSSR count). The van der Waals surface area contributed by atoms with Gasteiger partial charge < -0.3 is 15.5 Å². The molecular formula is C15H21NO3. The summed E-state index contributed by atoms with van der Waals surface area (Å²) >= 11 is 0. The lowest BCUT2D eigenvalue weighted by molar-refractivity contribution is -0.144. The molecule has 1 aromatic carbocycles. The van der Waals surface area contributed by atoms with E-state index in [0.29, 0.717) is 32.2 Å². The van der Waals surface area contributed by atoms with Crippen LogP contribution in [-0.2, 0) is 4.79 Å². The number of hydrogen-bond donors (Lipinski definition) is 3. The Bertz CT molecular complexity index is 450. The summed E-state index contributed by atoms with van der Waals surface area (Å²) in [7, 11) is 0. The van der Waals surface area contributed by atoms with Gasteiger partial charge in [-0.25, -0.2) is 0 Å². The van der Waals surface area contributed by atoms with Gasteiger partial charge in [-0.1, -0.05) is 12.1 Å². The molecule has 0 radical (unpaired) electrons. The van der Waals surface area contributed by atoms with E-state index in [4.69, 9.17) is 5.11 Å². The Kier molecular flexibility index (Phi) is 4.10. The molecule has 1 aliphatic carbocycles. The zero-order chi connectivity index (χ0) is 13.9. The highest BCUT2D eigenvalue weighted by molar-refractivity contribution is 5.70. The molecule has 0 aromatic heterocycles. The summed E-state index contributed by atoms with van der Waals surface area (Å²) in [5, 5.41) is 22.6. The molecule has 1 saturated carbocycles. The highest BCUT2D eigenvalue weighted by Gasteiger charge is 2.35. The first kappa shape index (κ1) is 13.9. The molecule has 0 spiro atoms. The van der Waals surface area contributed by atoms with Crippen molar-refractivity contribution in [2.24, 2.45) is 5.92 Å². The van der Waals surface area contributed by atoms with Crippen molar-refractivity contribution in [3.63, 3.8) is 0 Å². The highest BCUT2D eigenvalue weighted by Crippen LogP contribution is 2.32. The Morgan fingerprint density at radius 3 is 2.68 bits per heavy atom. The van der Waals surface area contributed by atoms with Gasteiger partial charge in [0.15, 0.2) is 0 Å². The summed E-state index contributed by atoms with van der Waals surface area (Å²) in [5.41, 5.74) is 1.38. The Morgan fingerprint density at radius 1 is 1.42 bits per heavy atom. The predicted octanol–water partition coefficient (Wildman–Crippen LogP) is 2.41. The first-order valence-corrected chi connectivity index (χ1v) is 6.74. The van der Waals surface area contributed by atoms with Crippen molar-refractivity contribution in [1.82, 2.24) is 0 Å². The topological polar surface area (TPSA) is 69.6 Å². The smallest absolute Gasteiger partial charge is 0.306 e. The molecule has 104 valence electrons. The van der Waals surface area contributed by atoms with Gasteiger partial charge in [-0.2, -0.15) is 0 Å². The van der Waals surface area contributed by atoms with Crippen molar-refractivity contribution >= 4 is 11.7 Å². The summed E-state index contributed by atoms with van der Waals surface area (Å²) in [6, 6.07) is 8.01. The van der Waals surface area contributed by atoms with E-state index < -0.39 is 11.6 Å². The number of aliphatic hydroxyl groups is 1. The normalized spacial score (nSPS) is 26.9. The third-order valence-corrected chi connectivity index (χ3v) is 3.91. The molecular weight excluding hydrogens is 242 g/mol. The van der Waals surface area contributed by atoms with E-state index in [1.54, 1.807) is 0 Å². The van der Waals surface area contributed by atoms with Gasteiger partial charge in [-0.3, -0.25) is 4.79 Å². The number of carbonyl (C=O) groups is 1. The van der Waals surface area contributed by atoms with Crippen molar-refractivity contribution in [2.75, 3.05) is 11.9 Å². The number of nitrogens with one attached hydrogen (secondary N) is 1. The number of aliphatic carboxylic acids is 1. The van der Waals surface area contributed by atoms with E-state index in [0.717, 1.165) is 5.69 Å². The Balaban J connectivity index is 1.88. The van der Waals surface area contributed by atoms with Crippen molar-refractivity contribution in [3.8, 4) is 0 Å². The number of rotatable bonds is 4. The van der Waals surface area contributed by atoms with Crippen molar-refractivity contribution in [1.29, 1.82) is 0 Å². The van der Waals surface area contributed by atoms with Crippen LogP contribution in [0, 0.1) is 12.8 Å². The maximum atomic E-state index is 10.9. The minimum absolute atomic E-state index is 0.292. The van der Waals surface area contributed by atoms with Gasteiger partial charge in [0, 0.05) is 12.2 Å². The largest absolute Gasteiger partial charge is 0.481 e. The summed E-state index contributed by atoms with van der Waals surface area (Å²) < 4.78 is 0. The SMILES string of the molecule is Cc1cccc(NCC2(O)CCC(C(=O)O)CC2)c1. The van der Waals surface area contributed by atoms with Crippen LogP contribution in [0.3, 0.4) is 0 Å². The van der Waals surface area contributed by atoms with Crippen molar-refractivity contribution in [3.05, 3.63) is 29.8 Å². The van der Waals surface area contributed by atoms with E-state index in [-0.39, 0.29) is 5.92 Å². The fraction of sp³-hybridized carbons (Fsp3) is 0.533. The number of carboxylic acid groups (broad SMARTS) is 1. The average Bonchev–Trinajstić information content (AvgIpc) is 2.37. The molecule has 0 unspecified atom stereocenters. The van der Waals surface area contributed by atoms with Crippen LogP contribution in [0.15, 0.2) is 24.3 Å². The molecule has 4 nitrogen and oxygen atoms in total. The first-order valence-electron chi connectivity index (χ1n) is 6.74. The van der Waals surface area contributed by atoms with Crippen LogP contribution in [0.1, 0.15) is 31.2 Å². The highest BCUT2D eigenvalue weighted by atomic mass is 16.4. The summed E-state index contributed by atoms with van der Waals surface area (Å²) in [4.78, 5) is 10.9. The van der Waals surface area contributed by atoms with Gasteiger partial charge in [0.25, 0.3) is 0 Å². The number of aryl methyl sites for hydroxylation is 1. The van der Waals surface area contributed by atoms with Gasteiger partial charge in [0.1, 0.15) is 0 Å². The number of anilines is 1. The first-order chi connectivity index (χ1) is 8.98. The van der Waals surface area contributed by atoms with Crippen LogP contribution >= 0.6 is 0 Å². The molecule has 0 amide bonds. The van der Waals surface area contributed by atoms with Gasteiger partial charge in [0.2, 0.25) is 0 Å². The minimum atomic E-state index is -0.782. The second-order valence-corrected chi connectivity index (χ2v) is 5.56. The molecule has 3 N–H and O–H groups in total. The Morgan fingerprint density at radius 2 is 2.11 bits per heavy atom. The van der Waals surface area contributed by atoms with Crippen molar-refractivity contribution in [2.45, 2.75) is 38.2 Å². The summed E-state index contributed by atoms with van der Waals surface area (Å²) in [5.74, 6) is -1.03. The molecule has 0 saturated heterocycles. The Labute approximate surface area is 113 Å². The van der Waals surface area contributed by atoms with Crippen LogP contribution in [-0.4, -0.2) is 28.3 Å². The van der Waals surface area contributed by atoms with E-state index in [9.17, 15) is 9.90 Å². The number of carboxylic acids is 1. The van der Waals surface area contributed by atoms with Crippen LogP contribution in [0.25, 0.3) is 0 Å². The molecule has 1 aliphatic rings. The molecule has 0 aliphatic heterocycles. The second kappa shape index (κ2) is 5.61. The number of hydrogen-bond acceptors (Lipinski definition) is 3. The molecule has 19 heavy (non-hydrogen) atoms. The lowest BCUT2D eigenvalue weighted by atomic mass is 9.79. The zero-order valence-electron chi connectivity index (χ0n) is 11.2. The molecule has 4 heteroatoms. The molecule has 1 fully saturated rings. The van der Waals surface area contributed by atoms with Crippen LogP contribution < -0.4 is 5.32 Å². The molecule has 0 bridgehead atoms. The fourth-order valence-electron chi connectivity index (χ4n) is 2.60. The van der Waals surface area contributed by atoms with E-state index in [1.165, 1.54) is 5.56 Å². The predicted molar refractivity (Wildman–Crippen MR) is 74.2 cm³/mol. The molecule has 1 aromatic rings. The van der Waals surface area contributed by atoms with Crippen LogP contribution in [0.4, 0.5) is 5.69 Å². The van der Waals surface area contributed by atoms with Gasteiger partial charge >= 0.3 is 5.97 Å². The van der Waals surface area contributed by atoms with Gasteiger partial charge in [-0.05, 0) is 50.3 Å². The van der Waals surface area contributed by atoms with E-state index in [1.807, 2.05) is 31.2 Å². The zero-order valence-corrected chi connectivity index (χ0v) is 11.2. The Hall–Kier alpha value is -1.55. The van der Waals surface area contributed by atoms with Gasteiger partial charge in [-0.15, -0.1) is 0 Å².